The maximum atomic E-state index is 3.22. The largest absolute Gasteiger partial charge is 0.317 e. The van der Waals surface area contributed by atoms with Crippen molar-refractivity contribution < 1.29 is 0 Å². The van der Waals surface area contributed by atoms with Crippen molar-refractivity contribution in [2.24, 2.45) is 0 Å². The smallest absolute Gasteiger partial charge is 0.00213 e. The van der Waals surface area contributed by atoms with E-state index in [0.29, 0.717) is 0 Å². The fourth-order valence-electron chi connectivity index (χ4n) is 1.50. The molecular formula is C9H20N2. The fraction of sp³-hybridized carbons (Fsp3) is 1.00. The first-order valence-corrected chi connectivity index (χ1v) is 4.79. The Labute approximate surface area is 70.0 Å². The molecule has 2 heterocycles. The van der Waals surface area contributed by atoms with Gasteiger partial charge >= 0.3 is 0 Å². The summed E-state index contributed by atoms with van der Waals surface area (Å²) in [6.45, 7) is 5.14. The van der Waals surface area contributed by atoms with Gasteiger partial charge in [0.1, 0.15) is 0 Å². The van der Waals surface area contributed by atoms with E-state index >= 15 is 0 Å². The Balaban J connectivity index is 0.000000112. The molecule has 0 aromatic carbocycles. The van der Waals surface area contributed by atoms with E-state index in [0.717, 1.165) is 0 Å². The molecule has 0 aromatic rings. The van der Waals surface area contributed by atoms with E-state index in [1.807, 2.05) is 0 Å². The van der Waals surface area contributed by atoms with E-state index in [1.165, 1.54) is 51.9 Å². The predicted octanol–water partition coefficient (Wildman–Crippen LogP) is 1.08. The second-order valence-electron chi connectivity index (χ2n) is 3.47. The van der Waals surface area contributed by atoms with Gasteiger partial charge in [0.05, 0.1) is 0 Å². The van der Waals surface area contributed by atoms with E-state index < -0.39 is 0 Å². The third-order valence-corrected chi connectivity index (χ3v) is 2.29. The Kier molecular flexibility index (Phi) is 4.55. The molecule has 2 nitrogen and oxygen atoms in total. The van der Waals surface area contributed by atoms with Crippen LogP contribution in [0.1, 0.15) is 25.7 Å². The summed E-state index contributed by atoms with van der Waals surface area (Å²) in [7, 11) is 2.17. The van der Waals surface area contributed by atoms with Gasteiger partial charge in [-0.3, -0.25) is 0 Å². The van der Waals surface area contributed by atoms with Crippen LogP contribution in [0.15, 0.2) is 0 Å². The first-order valence-electron chi connectivity index (χ1n) is 4.79. The number of nitrogens with zero attached hydrogens (tertiary/aromatic N) is 1. The van der Waals surface area contributed by atoms with Gasteiger partial charge in [0.2, 0.25) is 0 Å². The number of hydrogen-bond acceptors (Lipinski definition) is 2. The minimum atomic E-state index is 1.25. The molecule has 2 aliphatic heterocycles. The van der Waals surface area contributed by atoms with E-state index in [9.17, 15) is 0 Å². The quantitative estimate of drug-likeness (QED) is 0.564. The van der Waals surface area contributed by atoms with E-state index in [4.69, 9.17) is 0 Å². The Bertz CT molecular complexity index is 76.0. The molecule has 2 heteroatoms. The molecule has 66 valence electrons. The standard InChI is InChI=1S/C5H11N.C4H9N/c1-6-4-2-3-5-6;1-2-4-5-3-1/h2-5H2,1H3;5H,1-4H2. The second kappa shape index (κ2) is 5.56. The van der Waals surface area contributed by atoms with Gasteiger partial charge < -0.3 is 10.2 Å². The third-order valence-electron chi connectivity index (χ3n) is 2.29. The average Bonchev–Trinajstić information content (AvgIpc) is 2.57. The SMILES string of the molecule is C1CCNC1.CN1CCCC1. The lowest BCUT2D eigenvalue weighted by Crippen LogP contribution is -2.10. The molecule has 0 atom stereocenters. The minimum absolute atomic E-state index is 1.25. The zero-order valence-electron chi connectivity index (χ0n) is 7.60. The van der Waals surface area contributed by atoms with Crippen LogP contribution in [-0.2, 0) is 0 Å². The van der Waals surface area contributed by atoms with Crippen molar-refractivity contribution in [2.75, 3.05) is 33.2 Å². The fourth-order valence-corrected chi connectivity index (χ4v) is 1.50. The van der Waals surface area contributed by atoms with Gasteiger partial charge in [-0.2, -0.15) is 0 Å². The van der Waals surface area contributed by atoms with Crippen molar-refractivity contribution in [1.29, 1.82) is 0 Å². The number of nitrogens with one attached hydrogen (secondary N) is 1. The van der Waals surface area contributed by atoms with Crippen molar-refractivity contribution in [3.05, 3.63) is 0 Å². The second-order valence-corrected chi connectivity index (χ2v) is 3.47. The summed E-state index contributed by atoms with van der Waals surface area (Å²) >= 11 is 0. The molecule has 0 spiro atoms. The molecule has 2 fully saturated rings. The average molecular weight is 156 g/mol. The van der Waals surface area contributed by atoms with Gasteiger partial charge in [-0.25, -0.2) is 0 Å². The van der Waals surface area contributed by atoms with Crippen LogP contribution in [-0.4, -0.2) is 38.1 Å². The highest BCUT2D eigenvalue weighted by atomic mass is 15.1. The summed E-state index contributed by atoms with van der Waals surface area (Å²) in [6.07, 6.45) is 5.60. The minimum Gasteiger partial charge on any atom is -0.317 e. The summed E-state index contributed by atoms with van der Waals surface area (Å²) in [6, 6.07) is 0. The predicted molar refractivity (Wildman–Crippen MR) is 48.8 cm³/mol. The molecule has 0 amide bonds. The third kappa shape index (κ3) is 4.38. The molecule has 2 rings (SSSR count). The van der Waals surface area contributed by atoms with Gasteiger partial charge in [-0.05, 0) is 58.9 Å². The van der Waals surface area contributed by atoms with Crippen LogP contribution in [0.3, 0.4) is 0 Å². The number of hydrogen-bond donors (Lipinski definition) is 1. The lowest BCUT2D eigenvalue weighted by atomic mass is 10.4. The lowest BCUT2D eigenvalue weighted by Gasteiger charge is -2.01. The first kappa shape index (κ1) is 9.01. The summed E-state index contributed by atoms with van der Waals surface area (Å²) in [5.41, 5.74) is 0. The van der Waals surface area contributed by atoms with E-state index in [2.05, 4.69) is 17.3 Å². The van der Waals surface area contributed by atoms with Crippen LogP contribution in [0.25, 0.3) is 0 Å². The zero-order chi connectivity index (χ0) is 7.94. The molecule has 0 aromatic heterocycles. The van der Waals surface area contributed by atoms with E-state index in [-0.39, 0.29) is 0 Å². The van der Waals surface area contributed by atoms with Gasteiger partial charge in [0.15, 0.2) is 0 Å². The topological polar surface area (TPSA) is 15.3 Å². The summed E-state index contributed by atoms with van der Waals surface area (Å²) in [4.78, 5) is 2.36. The van der Waals surface area contributed by atoms with Crippen molar-refractivity contribution >= 4 is 0 Å². The van der Waals surface area contributed by atoms with Crippen molar-refractivity contribution in [3.8, 4) is 0 Å². The highest BCUT2D eigenvalue weighted by Gasteiger charge is 2.03. The summed E-state index contributed by atoms with van der Waals surface area (Å²) in [5.74, 6) is 0. The van der Waals surface area contributed by atoms with Crippen LogP contribution in [0.5, 0.6) is 0 Å². The van der Waals surface area contributed by atoms with Gasteiger partial charge in [0, 0.05) is 0 Å². The van der Waals surface area contributed by atoms with Crippen LogP contribution < -0.4 is 5.32 Å². The van der Waals surface area contributed by atoms with Gasteiger partial charge in [-0.15, -0.1) is 0 Å². The molecule has 0 bridgehead atoms. The molecule has 0 aliphatic carbocycles. The van der Waals surface area contributed by atoms with Crippen LogP contribution >= 0.6 is 0 Å². The first-order chi connectivity index (χ1) is 5.39. The molecule has 2 saturated heterocycles. The maximum Gasteiger partial charge on any atom is -0.00213 e. The lowest BCUT2D eigenvalue weighted by molar-refractivity contribution is 0.418. The van der Waals surface area contributed by atoms with Crippen LogP contribution in [0, 0.1) is 0 Å². The van der Waals surface area contributed by atoms with Gasteiger partial charge in [-0.1, -0.05) is 0 Å². The number of rotatable bonds is 0. The molecule has 2 aliphatic rings. The van der Waals surface area contributed by atoms with E-state index in [1.54, 1.807) is 0 Å². The molecule has 0 unspecified atom stereocenters. The molecule has 0 radical (unpaired) electrons. The molecule has 0 saturated carbocycles. The Morgan fingerprint density at radius 2 is 1.45 bits per heavy atom. The molecule has 1 N–H and O–H groups in total. The molecular weight excluding hydrogens is 136 g/mol. The highest BCUT2D eigenvalue weighted by Crippen LogP contribution is 2.02. The number of likely N-dealkylation sites (tertiary alicyclic amines) is 1. The Morgan fingerprint density at radius 3 is 1.64 bits per heavy atom. The zero-order valence-corrected chi connectivity index (χ0v) is 7.60. The maximum absolute atomic E-state index is 3.22. The molecule has 11 heavy (non-hydrogen) atoms. The monoisotopic (exact) mass is 156 g/mol. The van der Waals surface area contributed by atoms with Gasteiger partial charge in [0.25, 0.3) is 0 Å². The van der Waals surface area contributed by atoms with Crippen molar-refractivity contribution in [1.82, 2.24) is 10.2 Å². The van der Waals surface area contributed by atoms with Crippen molar-refractivity contribution in [3.63, 3.8) is 0 Å². The normalized spacial score (nSPS) is 24.8. The Hall–Kier alpha value is -0.0800. The summed E-state index contributed by atoms with van der Waals surface area (Å²) in [5, 5.41) is 3.22. The Morgan fingerprint density at radius 1 is 0.909 bits per heavy atom. The van der Waals surface area contributed by atoms with Crippen LogP contribution in [0.2, 0.25) is 0 Å². The highest BCUT2D eigenvalue weighted by molar-refractivity contribution is 4.59. The van der Waals surface area contributed by atoms with Crippen LogP contribution in [0.4, 0.5) is 0 Å². The van der Waals surface area contributed by atoms with Crippen molar-refractivity contribution in [2.45, 2.75) is 25.7 Å². The summed E-state index contributed by atoms with van der Waals surface area (Å²) < 4.78 is 0.